The Morgan fingerprint density at radius 2 is 2.07 bits per heavy atom. The lowest BCUT2D eigenvalue weighted by atomic mass is 9.91. The molecule has 0 heterocycles. The van der Waals surface area contributed by atoms with E-state index in [1.807, 2.05) is 0 Å². The van der Waals surface area contributed by atoms with Crippen LogP contribution in [0.2, 0.25) is 0 Å². The van der Waals surface area contributed by atoms with Gasteiger partial charge in [0, 0.05) is 17.8 Å². The number of hydrogen-bond acceptors (Lipinski definition) is 2. The van der Waals surface area contributed by atoms with Crippen LogP contribution in [-0.4, -0.2) is 12.1 Å². The average Bonchev–Trinajstić information content (AvgIpc) is 2.22. The van der Waals surface area contributed by atoms with E-state index in [0.29, 0.717) is 12.1 Å². The summed E-state index contributed by atoms with van der Waals surface area (Å²) >= 11 is 0. The lowest BCUT2D eigenvalue weighted by Gasteiger charge is -2.30. The molecule has 3 N–H and O–H groups in total. The van der Waals surface area contributed by atoms with Gasteiger partial charge >= 0.3 is 0 Å². The number of anilines is 1. The predicted octanol–water partition coefficient (Wildman–Crippen LogP) is 2.68. The van der Waals surface area contributed by atoms with Crippen molar-refractivity contribution in [2.45, 2.75) is 44.7 Å². The van der Waals surface area contributed by atoms with Gasteiger partial charge in [-0.25, -0.2) is 0 Å². The Balaban J connectivity index is 2.01. The first-order valence-electron chi connectivity index (χ1n) is 5.84. The van der Waals surface area contributed by atoms with Crippen LogP contribution in [-0.2, 0) is 0 Å². The van der Waals surface area contributed by atoms with Crippen molar-refractivity contribution >= 4 is 5.69 Å². The van der Waals surface area contributed by atoms with E-state index in [1.165, 1.54) is 30.5 Å². The zero-order valence-electron chi connectivity index (χ0n) is 9.37. The van der Waals surface area contributed by atoms with E-state index in [2.05, 4.69) is 36.5 Å². The highest BCUT2D eigenvalue weighted by Gasteiger charge is 2.21. The quantitative estimate of drug-likeness (QED) is 0.777. The van der Waals surface area contributed by atoms with E-state index in [-0.39, 0.29) is 0 Å². The highest BCUT2D eigenvalue weighted by Crippen LogP contribution is 2.21. The van der Waals surface area contributed by atoms with Crippen LogP contribution < -0.4 is 11.1 Å². The summed E-state index contributed by atoms with van der Waals surface area (Å²) in [7, 11) is 0. The molecule has 1 aliphatic carbocycles. The number of nitrogens with one attached hydrogen (secondary N) is 1. The number of nitrogens with two attached hydrogens (primary N) is 1. The van der Waals surface area contributed by atoms with Crippen LogP contribution in [0.25, 0.3) is 0 Å². The lowest BCUT2D eigenvalue weighted by Crippen LogP contribution is -2.42. The fourth-order valence-corrected chi connectivity index (χ4v) is 2.29. The molecule has 0 aromatic heterocycles. The standard InChI is InChI=1S/C13H20N2/c1-10-5-4-6-11(9-10)15-13-8-3-2-7-12(13)14/h4-6,9,12-13,15H,2-3,7-8,14H2,1H3/t12-,13-/m0/s1. The Labute approximate surface area is 91.9 Å². The molecule has 0 amide bonds. The molecule has 0 unspecified atom stereocenters. The van der Waals surface area contributed by atoms with Gasteiger partial charge in [-0.1, -0.05) is 25.0 Å². The molecule has 1 fully saturated rings. The van der Waals surface area contributed by atoms with Crippen molar-refractivity contribution in [3.63, 3.8) is 0 Å². The van der Waals surface area contributed by atoms with Crippen LogP contribution >= 0.6 is 0 Å². The third-order valence-electron chi connectivity index (χ3n) is 3.19. The first kappa shape index (κ1) is 10.5. The second-order valence-corrected chi connectivity index (χ2v) is 4.57. The number of aryl methyl sites for hydroxylation is 1. The van der Waals surface area contributed by atoms with Crippen molar-refractivity contribution in [3.05, 3.63) is 29.8 Å². The van der Waals surface area contributed by atoms with Gasteiger partial charge in [0.15, 0.2) is 0 Å². The second kappa shape index (κ2) is 4.67. The van der Waals surface area contributed by atoms with E-state index >= 15 is 0 Å². The van der Waals surface area contributed by atoms with Crippen molar-refractivity contribution in [1.29, 1.82) is 0 Å². The normalized spacial score (nSPS) is 26.3. The third kappa shape index (κ3) is 2.72. The predicted molar refractivity (Wildman–Crippen MR) is 65.0 cm³/mol. The molecule has 15 heavy (non-hydrogen) atoms. The molecule has 1 aliphatic rings. The minimum atomic E-state index is 0.319. The number of benzene rings is 1. The Bertz CT molecular complexity index is 322. The molecule has 0 aliphatic heterocycles. The third-order valence-corrected chi connectivity index (χ3v) is 3.19. The van der Waals surface area contributed by atoms with E-state index in [1.54, 1.807) is 0 Å². The molecule has 1 aromatic carbocycles. The highest BCUT2D eigenvalue weighted by molar-refractivity contribution is 5.46. The molecule has 0 saturated heterocycles. The molecule has 82 valence electrons. The summed E-state index contributed by atoms with van der Waals surface area (Å²) in [4.78, 5) is 0. The molecule has 1 aromatic rings. The lowest BCUT2D eigenvalue weighted by molar-refractivity contribution is 0.404. The Morgan fingerprint density at radius 3 is 2.80 bits per heavy atom. The van der Waals surface area contributed by atoms with E-state index in [9.17, 15) is 0 Å². The van der Waals surface area contributed by atoms with Crippen molar-refractivity contribution in [2.75, 3.05) is 5.32 Å². The highest BCUT2D eigenvalue weighted by atomic mass is 15.0. The van der Waals surface area contributed by atoms with Gasteiger partial charge in [0.1, 0.15) is 0 Å². The minimum absolute atomic E-state index is 0.319. The first-order valence-corrected chi connectivity index (χ1v) is 5.84. The fraction of sp³-hybridized carbons (Fsp3) is 0.538. The van der Waals surface area contributed by atoms with Crippen molar-refractivity contribution < 1.29 is 0 Å². The summed E-state index contributed by atoms with van der Waals surface area (Å²) in [5.74, 6) is 0. The molecule has 2 heteroatoms. The molecular formula is C13H20N2. The maximum atomic E-state index is 6.10. The van der Waals surface area contributed by atoms with Gasteiger partial charge < -0.3 is 11.1 Å². The zero-order valence-corrected chi connectivity index (χ0v) is 9.37. The van der Waals surface area contributed by atoms with Crippen molar-refractivity contribution in [1.82, 2.24) is 0 Å². The van der Waals surface area contributed by atoms with Crippen LogP contribution in [0.1, 0.15) is 31.2 Å². The monoisotopic (exact) mass is 204 g/mol. The van der Waals surface area contributed by atoms with E-state index < -0.39 is 0 Å². The van der Waals surface area contributed by atoms with Crippen molar-refractivity contribution in [3.8, 4) is 0 Å². The molecule has 0 radical (unpaired) electrons. The fourth-order valence-electron chi connectivity index (χ4n) is 2.29. The SMILES string of the molecule is Cc1cccc(N[C@H]2CCCC[C@@H]2N)c1. The van der Waals surface area contributed by atoms with Crippen molar-refractivity contribution in [2.24, 2.45) is 5.73 Å². The molecular weight excluding hydrogens is 184 g/mol. The van der Waals surface area contributed by atoms with E-state index in [4.69, 9.17) is 5.73 Å². The average molecular weight is 204 g/mol. The summed E-state index contributed by atoms with van der Waals surface area (Å²) < 4.78 is 0. The van der Waals surface area contributed by atoms with Crippen LogP contribution in [0.4, 0.5) is 5.69 Å². The molecule has 1 saturated carbocycles. The summed E-state index contributed by atoms with van der Waals surface area (Å²) in [6, 6.07) is 9.29. The summed E-state index contributed by atoms with van der Waals surface area (Å²) in [6.07, 6.45) is 4.95. The first-order chi connectivity index (χ1) is 7.25. The van der Waals surface area contributed by atoms with Gasteiger partial charge in [-0.3, -0.25) is 0 Å². The Kier molecular flexibility index (Phi) is 3.27. The smallest absolute Gasteiger partial charge is 0.0412 e. The number of hydrogen-bond donors (Lipinski definition) is 2. The topological polar surface area (TPSA) is 38.0 Å². The summed E-state index contributed by atoms with van der Waals surface area (Å²) in [5, 5.41) is 3.55. The molecule has 0 bridgehead atoms. The molecule has 0 spiro atoms. The van der Waals surface area contributed by atoms with Crippen LogP contribution in [0, 0.1) is 6.92 Å². The van der Waals surface area contributed by atoms with Crippen LogP contribution in [0.5, 0.6) is 0 Å². The maximum Gasteiger partial charge on any atom is 0.0412 e. The van der Waals surface area contributed by atoms with E-state index in [0.717, 1.165) is 6.42 Å². The summed E-state index contributed by atoms with van der Waals surface area (Å²) in [6.45, 7) is 2.12. The summed E-state index contributed by atoms with van der Waals surface area (Å²) in [5.41, 5.74) is 8.60. The van der Waals surface area contributed by atoms with Gasteiger partial charge in [0.05, 0.1) is 0 Å². The van der Waals surface area contributed by atoms with Gasteiger partial charge in [-0.2, -0.15) is 0 Å². The minimum Gasteiger partial charge on any atom is -0.381 e. The zero-order chi connectivity index (χ0) is 10.7. The molecule has 2 rings (SSSR count). The van der Waals surface area contributed by atoms with Crippen LogP contribution in [0.3, 0.4) is 0 Å². The molecule has 2 nitrogen and oxygen atoms in total. The maximum absolute atomic E-state index is 6.10. The Morgan fingerprint density at radius 1 is 1.27 bits per heavy atom. The second-order valence-electron chi connectivity index (χ2n) is 4.57. The van der Waals surface area contributed by atoms with Gasteiger partial charge in [-0.15, -0.1) is 0 Å². The largest absolute Gasteiger partial charge is 0.381 e. The van der Waals surface area contributed by atoms with Crippen LogP contribution in [0.15, 0.2) is 24.3 Å². The molecule has 2 atom stereocenters. The van der Waals surface area contributed by atoms with Gasteiger partial charge in [-0.05, 0) is 37.5 Å². The Hall–Kier alpha value is -1.02. The van der Waals surface area contributed by atoms with Gasteiger partial charge in [0.2, 0.25) is 0 Å². The number of rotatable bonds is 2. The van der Waals surface area contributed by atoms with Gasteiger partial charge in [0.25, 0.3) is 0 Å².